The molecule has 0 aliphatic rings. The van der Waals surface area contributed by atoms with Crippen molar-refractivity contribution in [3.8, 4) is 0 Å². The molecule has 1 atom stereocenters. The molecule has 0 saturated carbocycles. The van der Waals surface area contributed by atoms with Crippen LogP contribution in [0.4, 0.5) is 11.6 Å². The fourth-order valence-electron chi connectivity index (χ4n) is 1.70. The van der Waals surface area contributed by atoms with Crippen molar-refractivity contribution in [2.24, 2.45) is 0 Å². The maximum absolute atomic E-state index is 6.16. The Morgan fingerprint density at radius 1 is 1.17 bits per heavy atom. The van der Waals surface area contributed by atoms with Gasteiger partial charge in [-0.25, -0.2) is 9.97 Å². The first-order valence-electron chi connectivity index (χ1n) is 5.71. The van der Waals surface area contributed by atoms with Gasteiger partial charge in [0.2, 0.25) is 0 Å². The Kier molecular flexibility index (Phi) is 3.99. The van der Waals surface area contributed by atoms with Gasteiger partial charge >= 0.3 is 0 Å². The maximum atomic E-state index is 6.16. The Balaban J connectivity index is 2.16. The molecule has 18 heavy (non-hydrogen) atoms. The molecule has 0 amide bonds. The molecule has 2 N–H and O–H groups in total. The summed E-state index contributed by atoms with van der Waals surface area (Å²) in [5.74, 6) is 1.54. The van der Waals surface area contributed by atoms with Crippen LogP contribution in [0, 0.1) is 0 Å². The zero-order chi connectivity index (χ0) is 13.0. The van der Waals surface area contributed by atoms with Crippen LogP contribution in [0.1, 0.15) is 18.5 Å². The molecule has 0 saturated heterocycles. The van der Waals surface area contributed by atoms with Gasteiger partial charge in [0.1, 0.15) is 18.0 Å². The number of rotatable bonds is 4. The van der Waals surface area contributed by atoms with Crippen molar-refractivity contribution in [1.82, 2.24) is 9.97 Å². The summed E-state index contributed by atoms with van der Waals surface area (Å²) in [6, 6.07) is 9.71. The summed E-state index contributed by atoms with van der Waals surface area (Å²) < 4.78 is 0. The summed E-state index contributed by atoms with van der Waals surface area (Å²) in [7, 11) is 1.82. The molecule has 5 heteroatoms. The minimum atomic E-state index is 0.0818. The number of aromatic nitrogens is 2. The van der Waals surface area contributed by atoms with E-state index in [1.807, 2.05) is 44.3 Å². The molecule has 0 aliphatic carbocycles. The second kappa shape index (κ2) is 5.69. The molecule has 1 heterocycles. The monoisotopic (exact) mass is 262 g/mol. The van der Waals surface area contributed by atoms with Crippen molar-refractivity contribution < 1.29 is 0 Å². The molecule has 2 rings (SSSR count). The van der Waals surface area contributed by atoms with Crippen LogP contribution in [0.25, 0.3) is 0 Å². The number of nitrogens with one attached hydrogen (secondary N) is 2. The summed E-state index contributed by atoms with van der Waals surface area (Å²) in [6.07, 6.45) is 1.52. The number of benzene rings is 1. The van der Waals surface area contributed by atoms with E-state index in [0.29, 0.717) is 0 Å². The van der Waals surface area contributed by atoms with Crippen LogP contribution in [-0.2, 0) is 0 Å². The van der Waals surface area contributed by atoms with Gasteiger partial charge in [0, 0.05) is 18.1 Å². The molecule has 0 fully saturated rings. The molecule has 2 aromatic rings. The van der Waals surface area contributed by atoms with E-state index < -0.39 is 0 Å². The molecule has 1 unspecified atom stereocenters. The van der Waals surface area contributed by atoms with Gasteiger partial charge in [0.15, 0.2) is 0 Å². The lowest BCUT2D eigenvalue weighted by Gasteiger charge is -2.16. The molecular weight excluding hydrogens is 248 g/mol. The van der Waals surface area contributed by atoms with E-state index in [-0.39, 0.29) is 6.04 Å². The van der Waals surface area contributed by atoms with Crippen LogP contribution < -0.4 is 10.6 Å². The van der Waals surface area contributed by atoms with Crippen molar-refractivity contribution in [3.63, 3.8) is 0 Å². The van der Waals surface area contributed by atoms with E-state index >= 15 is 0 Å². The average molecular weight is 263 g/mol. The van der Waals surface area contributed by atoms with Gasteiger partial charge < -0.3 is 10.6 Å². The third-order valence-electron chi connectivity index (χ3n) is 2.66. The molecule has 0 bridgehead atoms. The van der Waals surface area contributed by atoms with Crippen LogP contribution in [0.5, 0.6) is 0 Å². The first kappa shape index (κ1) is 12.6. The summed E-state index contributed by atoms with van der Waals surface area (Å²) >= 11 is 6.16. The number of anilines is 2. The summed E-state index contributed by atoms with van der Waals surface area (Å²) in [5, 5.41) is 7.02. The van der Waals surface area contributed by atoms with Crippen molar-refractivity contribution in [1.29, 1.82) is 0 Å². The van der Waals surface area contributed by atoms with E-state index in [1.165, 1.54) is 6.33 Å². The summed E-state index contributed by atoms with van der Waals surface area (Å²) in [5.41, 5.74) is 1.05. The zero-order valence-electron chi connectivity index (χ0n) is 10.3. The number of halogens is 1. The lowest BCUT2D eigenvalue weighted by atomic mass is 10.1. The van der Waals surface area contributed by atoms with Crippen molar-refractivity contribution in [2.75, 3.05) is 17.7 Å². The van der Waals surface area contributed by atoms with E-state index in [4.69, 9.17) is 11.6 Å². The Hall–Kier alpha value is -1.81. The first-order chi connectivity index (χ1) is 8.70. The van der Waals surface area contributed by atoms with Gasteiger partial charge in [-0.2, -0.15) is 0 Å². The number of nitrogens with zero attached hydrogens (tertiary/aromatic N) is 2. The van der Waals surface area contributed by atoms with Gasteiger partial charge in [-0.15, -0.1) is 0 Å². The van der Waals surface area contributed by atoms with Crippen LogP contribution in [0.2, 0.25) is 5.02 Å². The van der Waals surface area contributed by atoms with E-state index in [1.54, 1.807) is 0 Å². The van der Waals surface area contributed by atoms with Gasteiger partial charge in [0.05, 0.1) is 6.04 Å². The Morgan fingerprint density at radius 2 is 1.89 bits per heavy atom. The van der Waals surface area contributed by atoms with Crippen LogP contribution in [0.3, 0.4) is 0 Å². The van der Waals surface area contributed by atoms with Crippen LogP contribution >= 0.6 is 11.6 Å². The molecule has 1 aromatic carbocycles. The van der Waals surface area contributed by atoms with Crippen molar-refractivity contribution >= 4 is 23.2 Å². The zero-order valence-corrected chi connectivity index (χ0v) is 11.1. The van der Waals surface area contributed by atoms with Gasteiger partial charge in [-0.1, -0.05) is 29.8 Å². The largest absolute Gasteiger partial charge is 0.373 e. The molecule has 0 spiro atoms. The van der Waals surface area contributed by atoms with E-state index in [2.05, 4.69) is 20.6 Å². The Labute approximate surface area is 111 Å². The topological polar surface area (TPSA) is 49.8 Å². The molecular formula is C13H15ClN4. The highest BCUT2D eigenvalue weighted by Crippen LogP contribution is 2.25. The Bertz CT molecular complexity index is 530. The smallest absolute Gasteiger partial charge is 0.131 e. The van der Waals surface area contributed by atoms with Gasteiger partial charge in [-0.3, -0.25) is 0 Å². The minimum Gasteiger partial charge on any atom is -0.373 e. The van der Waals surface area contributed by atoms with E-state index in [0.717, 1.165) is 22.2 Å². The lowest BCUT2D eigenvalue weighted by molar-refractivity contribution is 0.872. The van der Waals surface area contributed by atoms with Crippen molar-refractivity contribution in [2.45, 2.75) is 13.0 Å². The normalized spacial score (nSPS) is 11.9. The van der Waals surface area contributed by atoms with Crippen molar-refractivity contribution in [3.05, 3.63) is 47.2 Å². The Morgan fingerprint density at radius 3 is 2.61 bits per heavy atom. The number of hydrogen-bond acceptors (Lipinski definition) is 4. The fraction of sp³-hybridized carbons (Fsp3) is 0.231. The van der Waals surface area contributed by atoms with Crippen LogP contribution in [-0.4, -0.2) is 17.0 Å². The molecule has 0 radical (unpaired) electrons. The second-order valence-electron chi connectivity index (χ2n) is 3.93. The van der Waals surface area contributed by atoms with Gasteiger partial charge in [-0.05, 0) is 18.6 Å². The quantitative estimate of drug-likeness (QED) is 0.887. The SMILES string of the molecule is CNc1cc(NC(C)c2ccccc2Cl)ncn1. The van der Waals surface area contributed by atoms with E-state index in [9.17, 15) is 0 Å². The molecule has 94 valence electrons. The third-order valence-corrected chi connectivity index (χ3v) is 3.00. The predicted octanol–water partition coefficient (Wildman–Crippen LogP) is 3.34. The molecule has 0 aliphatic heterocycles. The highest BCUT2D eigenvalue weighted by molar-refractivity contribution is 6.31. The minimum absolute atomic E-state index is 0.0818. The predicted molar refractivity (Wildman–Crippen MR) is 75.1 cm³/mol. The maximum Gasteiger partial charge on any atom is 0.131 e. The summed E-state index contributed by atoms with van der Waals surface area (Å²) in [4.78, 5) is 8.24. The first-order valence-corrected chi connectivity index (χ1v) is 6.09. The molecule has 1 aromatic heterocycles. The average Bonchev–Trinajstić information content (AvgIpc) is 2.39. The van der Waals surface area contributed by atoms with Gasteiger partial charge in [0.25, 0.3) is 0 Å². The third kappa shape index (κ3) is 2.90. The highest BCUT2D eigenvalue weighted by atomic mass is 35.5. The highest BCUT2D eigenvalue weighted by Gasteiger charge is 2.09. The standard InChI is InChI=1S/C13H15ClN4/c1-9(10-5-3-4-6-11(10)14)18-13-7-12(15-2)16-8-17-13/h3-9H,1-2H3,(H2,15,16,17,18). The molecule has 4 nitrogen and oxygen atoms in total. The number of hydrogen-bond donors (Lipinski definition) is 2. The second-order valence-corrected chi connectivity index (χ2v) is 4.33. The lowest BCUT2D eigenvalue weighted by Crippen LogP contribution is -2.09. The van der Waals surface area contributed by atoms with Crippen LogP contribution in [0.15, 0.2) is 36.7 Å². The fourth-order valence-corrected chi connectivity index (χ4v) is 2.00. The summed E-state index contributed by atoms with van der Waals surface area (Å²) in [6.45, 7) is 2.04.